The van der Waals surface area contributed by atoms with Crippen molar-refractivity contribution in [3.8, 4) is 0 Å². The zero-order valence-electron chi connectivity index (χ0n) is 35.5. The molecule has 0 N–H and O–H groups in total. The third kappa shape index (κ3) is 34.4. The maximum atomic E-state index is 11.3. The number of phosphoric acid groups is 2. The summed E-state index contributed by atoms with van der Waals surface area (Å²) in [6, 6.07) is 0. The van der Waals surface area contributed by atoms with Crippen molar-refractivity contribution in [3.05, 3.63) is 105 Å². The Hall–Kier alpha value is -2.08. The third-order valence-electron chi connectivity index (χ3n) is 9.18. The van der Waals surface area contributed by atoms with Crippen LogP contribution in [0.1, 0.15) is 172 Å². The highest BCUT2D eigenvalue weighted by molar-refractivity contribution is 7.58. The Labute approximate surface area is 330 Å². The van der Waals surface area contributed by atoms with Crippen LogP contribution in [-0.4, -0.2) is 6.61 Å². The second-order valence-electron chi connectivity index (χ2n) is 15.3. The van der Waals surface area contributed by atoms with Crippen molar-refractivity contribution >= 4 is 15.6 Å². The SMILES string of the molecule is CC(C)=CCC/C(C)=C/CC/C(C)=C/CC/C(C)=C\CC/C(C)=C\CC/C(C)=C\CC/C(C)=C\CC/C(C)=C\CC/C(C)=C\COP(=O)([O-])OP(=O)([O-])[O-]. The van der Waals surface area contributed by atoms with Gasteiger partial charge in [-0.25, -0.2) is 0 Å². The maximum Gasteiger partial charge on any atom is 0.272 e. The van der Waals surface area contributed by atoms with Gasteiger partial charge in [-0.2, -0.15) is 0 Å². The Balaban J connectivity index is 4.29. The lowest BCUT2D eigenvalue weighted by Crippen LogP contribution is -2.19. The van der Waals surface area contributed by atoms with Crippen molar-refractivity contribution in [2.24, 2.45) is 0 Å². The zero-order valence-corrected chi connectivity index (χ0v) is 37.3. The summed E-state index contributed by atoms with van der Waals surface area (Å²) in [4.78, 5) is 32.2. The minimum atomic E-state index is -5.67. The monoisotopic (exact) mass is 787 g/mol. The molecule has 0 aromatic carbocycles. The van der Waals surface area contributed by atoms with Crippen LogP contribution in [0.4, 0.5) is 0 Å². The summed E-state index contributed by atoms with van der Waals surface area (Å²) in [5.41, 5.74) is 12.4. The van der Waals surface area contributed by atoms with Crippen molar-refractivity contribution in [2.45, 2.75) is 172 Å². The van der Waals surface area contributed by atoms with Gasteiger partial charge in [-0.05, 0) is 172 Å². The van der Waals surface area contributed by atoms with E-state index in [1.807, 2.05) is 6.92 Å². The molecule has 0 radical (unpaired) electrons. The molecule has 308 valence electrons. The van der Waals surface area contributed by atoms with Crippen LogP contribution >= 0.6 is 15.6 Å². The standard InChI is InChI=1S/C45H76O7P2/c1-37(2)19-11-20-38(3)21-12-22-39(4)23-13-24-40(5)25-14-26-41(6)27-15-28-42(7)29-16-30-43(8)31-17-32-44(9)33-18-34-45(10)35-36-51-54(49,50)52-53(46,47)48/h19,21,23,25,27,29,31,33,35H,11-18,20,22,24,26,28,30,32,34,36H2,1-10H3,(H,49,50)(H2,46,47,48)/p-3/b38-21+,39-23+,40-25-,41-27-,42-29-,43-31-,44-33-,45-35-. The van der Waals surface area contributed by atoms with E-state index in [4.69, 9.17) is 0 Å². The molecule has 7 nitrogen and oxygen atoms in total. The van der Waals surface area contributed by atoms with Gasteiger partial charge >= 0.3 is 0 Å². The Morgan fingerprint density at radius 3 is 0.833 bits per heavy atom. The van der Waals surface area contributed by atoms with E-state index in [0.717, 1.165) is 95.5 Å². The second kappa shape index (κ2) is 30.1. The van der Waals surface area contributed by atoms with Gasteiger partial charge in [-0.15, -0.1) is 0 Å². The highest BCUT2D eigenvalue weighted by Gasteiger charge is 2.10. The van der Waals surface area contributed by atoms with Crippen molar-refractivity contribution < 1.29 is 32.6 Å². The van der Waals surface area contributed by atoms with Crippen molar-refractivity contribution in [1.82, 2.24) is 0 Å². The van der Waals surface area contributed by atoms with E-state index in [2.05, 4.69) is 120 Å². The van der Waals surface area contributed by atoms with Crippen LogP contribution in [0.15, 0.2) is 105 Å². The van der Waals surface area contributed by atoms with E-state index in [-0.39, 0.29) is 0 Å². The van der Waals surface area contributed by atoms with Crippen LogP contribution in [0.25, 0.3) is 0 Å². The summed E-state index contributed by atoms with van der Waals surface area (Å²) in [6.07, 6.45) is 37.4. The summed E-state index contributed by atoms with van der Waals surface area (Å²) in [5, 5.41) is 0. The fourth-order valence-corrected chi connectivity index (χ4v) is 7.07. The number of hydrogen-bond donors (Lipinski definition) is 0. The molecule has 0 bridgehead atoms. The van der Waals surface area contributed by atoms with Gasteiger partial charge in [0.05, 0.1) is 14.4 Å². The first kappa shape index (κ1) is 51.9. The molecule has 0 aliphatic rings. The summed E-state index contributed by atoms with van der Waals surface area (Å²) in [6.45, 7) is 21.4. The van der Waals surface area contributed by atoms with E-state index < -0.39 is 22.3 Å². The lowest BCUT2D eigenvalue weighted by atomic mass is 10.0. The predicted molar refractivity (Wildman–Crippen MR) is 226 cm³/mol. The number of allylic oxidation sites excluding steroid dienone is 17. The first-order chi connectivity index (χ1) is 25.3. The van der Waals surface area contributed by atoms with Gasteiger partial charge in [0.1, 0.15) is 0 Å². The minimum Gasteiger partial charge on any atom is -0.790 e. The molecule has 0 spiro atoms. The van der Waals surface area contributed by atoms with E-state index in [1.165, 1.54) is 57.1 Å². The van der Waals surface area contributed by atoms with Gasteiger partial charge in [0, 0.05) is 0 Å². The molecular weight excluding hydrogens is 714 g/mol. The molecule has 0 aromatic rings. The van der Waals surface area contributed by atoms with Gasteiger partial charge in [0.25, 0.3) is 7.82 Å². The minimum absolute atomic E-state index is 0.390. The topological polar surface area (TPSA) is 122 Å². The Bertz CT molecular complexity index is 1470. The van der Waals surface area contributed by atoms with Gasteiger partial charge in [-0.3, -0.25) is 8.88 Å². The Morgan fingerprint density at radius 2 is 0.611 bits per heavy atom. The lowest BCUT2D eigenvalue weighted by molar-refractivity contribution is -0.339. The quantitative estimate of drug-likeness (QED) is 0.0546. The molecule has 0 fully saturated rings. The van der Waals surface area contributed by atoms with Crippen molar-refractivity contribution in [3.63, 3.8) is 0 Å². The summed E-state index contributed by atoms with van der Waals surface area (Å²) >= 11 is 0. The van der Waals surface area contributed by atoms with Crippen LogP contribution in [0, 0.1) is 0 Å². The fourth-order valence-electron chi connectivity index (χ4n) is 5.65. The average molecular weight is 788 g/mol. The first-order valence-corrected chi connectivity index (χ1v) is 22.8. The predicted octanol–water partition coefficient (Wildman–Crippen LogP) is 13.1. The molecule has 54 heavy (non-hydrogen) atoms. The molecule has 0 aliphatic carbocycles. The Morgan fingerprint density at radius 1 is 0.389 bits per heavy atom. The summed E-state index contributed by atoms with van der Waals surface area (Å²) in [5.74, 6) is 0. The molecule has 0 saturated heterocycles. The second-order valence-corrected chi connectivity index (χ2v) is 18.0. The molecule has 0 saturated carbocycles. The first-order valence-electron chi connectivity index (χ1n) is 19.9. The smallest absolute Gasteiger partial charge is 0.272 e. The summed E-state index contributed by atoms with van der Waals surface area (Å²) < 4.78 is 29.6. The van der Waals surface area contributed by atoms with Gasteiger partial charge in [0.15, 0.2) is 0 Å². The van der Waals surface area contributed by atoms with Crippen LogP contribution in [0.2, 0.25) is 0 Å². The van der Waals surface area contributed by atoms with Crippen LogP contribution < -0.4 is 14.7 Å². The van der Waals surface area contributed by atoms with E-state index in [0.29, 0.717) is 6.42 Å². The van der Waals surface area contributed by atoms with Crippen LogP contribution in [0.5, 0.6) is 0 Å². The van der Waals surface area contributed by atoms with Gasteiger partial charge in [-0.1, -0.05) is 105 Å². The fraction of sp³-hybridized carbons (Fsp3) is 0.600. The zero-order chi connectivity index (χ0) is 41.0. The molecule has 1 unspecified atom stereocenters. The van der Waals surface area contributed by atoms with Crippen molar-refractivity contribution in [2.75, 3.05) is 6.61 Å². The van der Waals surface area contributed by atoms with Crippen molar-refractivity contribution in [1.29, 1.82) is 0 Å². The third-order valence-corrected chi connectivity index (χ3v) is 11.2. The normalized spacial score (nSPS) is 15.9. The maximum absolute atomic E-state index is 11.3. The average Bonchev–Trinajstić information content (AvgIpc) is 3.03. The summed E-state index contributed by atoms with van der Waals surface area (Å²) in [7, 11) is -10.8. The molecule has 0 rings (SSSR count). The number of rotatable bonds is 29. The number of hydrogen-bond acceptors (Lipinski definition) is 7. The van der Waals surface area contributed by atoms with E-state index in [1.54, 1.807) is 0 Å². The molecule has 0 heterocycles. The molecule has 0 aliphatic heterocycles. The van der Waals surface area contributed by atoms with Crippen LogP contribution in [0.3, 0.4) is 0 Å². The van der Waals surface area contributed by atoms with E-state index in [9.17, 15) is 23.8 Å². The Kier molecular flexibility index (Phi) is 28.9. The molecule has 9 heteroatoms. The van der Waals surface area contributed by atoms with Gasteiger partial charge in [0.2, 0.25) is 0 Å². The molecule has 0 amide bonds. The molecule has 0 aromatic heterocycles. The molecule has 1 atom stereocenters. The number of phosphoric ester groups is 1. The van der Waals surface area contributed by atoms with E-state index >= 15 is 0 Å². The largest absolute Gasteiger partial charge is 0.790 e. The molecular formula is C45H73O7P2-3. The van der Waals surface area contributed by atoms with Gasteiger partial charge < -0.3 is 23.8 Å². The van der Waals surface area contributed by atoms with Crippen LogP contribution in [-0.2, 0) is 18.0 Å². The highest BCUT2D eigenvalue weighted by Crippen LogP contribution is 2.50. The highest BCUT2D eigenvalue weighted by atomic mass is 31.3. The lowest BCUT2D eigenvalue weighted by Gasteiger charge is -2.34.